The van der Waals surface area contributed by atoms with Crippen LogP contribution in [0.25, 0.3) is 0 Å². The summed E-state index contributed by atoms with van der Waals surface area (Å²) < 4.78 is 5.80. The number of aryl methyl sites for hydroxylation is 1. The van der Waals surface area contributed by atoms with Gasteiger partial charge in [0, 0.05) is 5.02 Å². The van der Waals surface area contributed by atoms with Crippen molar-refractivity contribution < 1.29 is 9.94 Å². The third kappa shape index (κ3) is 3.03. The third-order valence-corrected chi connectivity index (χ3v) is 3.27. The lowest BCUT2D eigenvalue weighted by Crippen LogP contribution is -2.14. The van der Waals surface area contributed by atoms with Gasteiger partial charge in [-0.05, 0) is 42.3 Å². The van der Waals surface area contributed by atoms with Gasteiger partial charge in [0.1, 0.15) is 11.5 Å². The Morgan fingerprint density at radius 3 is 2.75 bits per heavy atom. The quantitative estimate of drug-likeness (QED) is 0.389. The highest BCUT2D eigenvalue weighted by Gasteiger charge is 2.09. The summed E-state index contributed by atoms with van der Waals surface area (Å²) >= 11 is 6.08. The van der Waals surface area contributed by atoms with Crippen LogP contribution in [-0.2, 0) is 6.42 Å². The SMILES string of the molecule is CCc1cc(Oc2ccccc2/C(N)=N/O)ccc1Cl. The fraction of sp³-hybridized carbons (Fsp3) is 0.133. The summed E-state index contributed by atoms with van der Waals surface area (Å²) in [4.78, 5) is 0. The van der Waals surface area contributed by atoms with Crippen LogP contribution < -0.4 is 10.5 Å². The van der Waals surface area contributed by atoms with E-state index in [1.165, 1.54) is 0 Å². The Labute approximate surface area is 122 Å². The second kappa shape index (κ2) is 6.30. The highest BCUT2D eigenvalue weighted by molar-refractivity contribution is 6.31. The van der Waals surface area contributed by atoms with Crippen LogP contribution in [-0.4, -0.2) is 11.0 Å². The first-order valence-electron chi connectivity index (χ1n) is 6.19. The zero-order valence-electron chi connectivity index (χ0n) is 11.0. The number of ether oxygens (including phenoxy) is 1. The van der Waals surface area contributed by atoms with Crippen molar-refractivity contribution in [3.63, 3.8) is 0 Å². The van der Waals surface area contributed by atoms with Crippen molar-refractivity contribution in [2.75, 3.05) is 0 Å². The van der Waals surface area contributed by atoms with Crippen molar-refractivity contribution in [3.8, 4) is 11.5 Å². The van der Waals surface area contributed by atoms with Crippen LogP contribution >= 0.6 is 11.6 Å². The molecule has 0 heterocycles. The lowest BCUT2D eigenvalue weighted by molar-refractivity contribution is 0.318. The molecule has 0 fully saturated rings. The van der Waals surface area contributed by atoms with Crippen molar-refractivity contribution in [2.24, 2.45) is 10.9 Å². The van der Waals surface area contributed by atoms with Crippen molar-refractivity contribution in [3.05, 3.63) is 58.6 Å². The molecule has 0 saturated carbocycles. The number of rotatable bonds is 4. The number of nitrogens with zero attached hydrogens (tertiary/aromatic N) is 1. The first-order chi connectivity index (χ1) is 9.65. The number of nitrogens with two attached hydrogens (primary N) is 1. The van der Waals surface area contributed by atoms with Crippen LogP contribution in [0.2, 0.25) is 5.02 Å². The van der Waals surface area contributed by atoms with Gasteiger partial charge in [-0.3, -0.25) is 0 Å². The Kier molecular flexibility index (Phi) is 4.48. The Balaban J connectivity index is 2.35. The lowest BCUT2D eigenvalue weighted by atomic mass is 10.1. The second-order valence-corrected chi connectivity index (χ2v) is 4.60. The highest BCUT2D eigenvalue weighted by atomic mass is 35.5. The zero-order chi connectivity index (χ0) is 14.5. The second-order valence-electron chi connectivity index (χ2n) is 4.19. The predicted molar refractivity (Wildman–Crippen MR) is 79.9 cm³/mol. The minimum absolute atomic E-state index is 0.00489. The molecule has 104 valence electrons. The molecule has 0 aliphatic rings. The van der Waals surface area contributed by atoms with Crippen LogP contribution in [0.5, 0.6) is 11.5 Å². The molecule has 0 bridgehead atoms. The molecular weight excluding hydrogens is 276 g/mol. The molecule has 0 saturated heterocycles. The molecule has 0 aliphatic heterocycles. The van der Waals surface area contributed by atoms with E-state index in [9.17, 15) is 0 Å². The number of para-hydroxylation sites is 1. The average molecular weight is 291 g/mol. The van der Waals surface area contributed by atoms with Crippen LogP contribution in [0.15, 0.2) is 47.6 Å². The van der Waals surface area contributed by atoms with E-state index in [-0.39, 0.29) is 5.84 Å². The Bertz CT molecular complexity index is 642. The molecule has 2 rings (SSSR count). The van der Waals surface area contributed by atoms with Gasteiger partial charge in [-0.15, -0.1) is 0 Å². The number of oxime groups is 1. The molecule has 5 heteroatoms. The van der Waals surface area contributed by atoms with E-state index in [4.69, 9.17) is 27.3 Å². The van der Waals surface area contributed by atoms with Gasteiger partial charge in [0.2, 0.25) is 0 Å². The average Bonchev–Trinajstić information content (AvgIpc) is 2.49. The van der Waals surface area contributed by atoms with Gasteiger partial charge in [-0.1, -0.05) is 35.8 Å². The van der Waals surface area contributed by atoms with E-state index in [0.29, 0.717) is 22.1 Å². The molecule has 3 N–H and O–H groups in total. The van der Waals surface area contributed by atoms with E-state index in [0.717, 1.165) is 12.0 Å². The van der Waals surface area contributed by atoms with Crippen LogP contribution in [0.4, 0.5) is 0 Å². The van der Waals surface area contributed by atoms with Crippen molar-refractivity contribution >= 4 is 17.4 Å². The summed E-state index contributed by atoms with van der Waals surface area (Å²) in [7, 11) is 0. The molecule has 20 heavy (non-hydrogen) atoms. The molecule has 2 aromatic carbocycles. The topological polar surface area (TPSA) is 67.8 Å². The Hall–Kier alpha value is -2.20. The minimum atomic E-state index is 0.00489. The monoisotopic (exact) mass is 290 g/mol. The molecular formula is C15H15ClN2O2. The fourth-order valence-electron chi connectivity index (χ4n) is 1.83. The zero-order valence-corrected chi connectivity index (χ0v) is 11.8. The lowest BCUT2D eigenvalue weighted by Gasteiger charge is -2.11. The molecule has 2 aromatic rings. The van der Waals surface area contributed by atoms with Gasteiger partial charge in [0.05, 0.1) is 5.56 Å². The first kappa shape index (κ1) is 14.2. The number of hydrogen-bond acceptors (Lipinski definition) is 3. The van der Waals surface area contributed by atoms with E-state index in [2.05, 4.69) is 5.16 Å². The molecule has 0 radical (unpaired) electrons. The Morgan fingerprint density at radius 2 is 2.05 bits per heavy atom. The van der Waals surface area contributed by atoms with Gasteiger partial charge < -0.3 is 15.7 Å². The van der Waals surface area contributed by atoms with E-state index in [1.54, 1.807) is 30.3 Å². The summed E-state index contributed by atoms with van der Waals surface area (Å²) in [5.74, 6) is 1.18. The highest BCUT2D eigenvalue weighted by Crippen LogP contribution is 2.28. The van der Waals surface area contributed by atoms with Gasteiger partial charge in [-0.25, -0.2) is 0 Å². The van der Waals surface area contributed by atoms with Gasteiger partial charge in [0.25, 0.3) is 0 Å². The molecule has 0 atom stereocenters. The van der Waals surface area contributed by atoms with Crippen LogP contribution in [0, 0.1) is 0 Å². The number of benzene rings is 2. The largest absolute Gasteiger partial charge is 0.457 e. The summed E-state index contributed by atoms with van der Waals surface area (Å²) in [6, 6.07) is 12.5. The summed E-state index contributed by atoms with van der Waals surface area (Å²) in [5, 5.41) is 12.5. The maximum atomic E-state index is 8.79. The van der Waals surface area contributed by atoms with Crippen molar-refractivity contribution in [2.45, 2.75) is 13.3 Å². The summed E-state index contributed by atoms with van der Waals surface area (Å²) in [5.41, 5.74) is 7.16. The van der Waals surface area contributed by atoms with Crippen LogP contribution in [0.1, 0.15) is 18.1 Å². The molecule has 0 amide bonds. The minimum Gasteiger partial charge on any atom is -0.457 e. The van der Waals surface area contributed by atoms with E-state index >= 15 is 0 Å². The van der Waals surface area contributed by atoms with E-state index < -0.39 is 0 Å². The number of halogens is 1. The van der Waals surface area contributed by atoms with Gasteiger partial charge in [-0.2, -0.15) is 0 Å². The number of amidine groups is 1. The number of hydrogen-bond donors (Lipinski definition) is 2. The summed E-state index contributed by atoms with van der Waals surface area (Å²) in [6.45, 7) is 2.02. The van der Waals surface area contributed by atoms with Gasteiger partial charge >= 0.3 is 0 Å². The summed E-state index contributed by atoms with van der Waals surface area (Å²) in [6.07, 6.45) is 0.817. The third-order valence-electron chi connectivity index (χ3n) is 2.90. The Morgan fingerprint density at radius 1 is 1.30 bits per heavy atom. The molecule has 0 aliphatic carbocycles. The first-order valence-corrected chi connectivity index (χ1v) is 6.56. The fourth-order valence-corrected chi connectivity index (χ4v) is 2.08. The smallest absolute Gasteiger partial charge is 0.173 e. The van der Waals surface area contributed by atoms with Crippen LogP contribution in [0.3, 0.4) is 0 Å². The maximum absolute atomic E-state index is 8.79. The normalized spacial score (nSPS) is 11.4. The standard InChI is InChI=1S/C15H15ClN2O2/c1-2-10-9-11(7-8-13(10)16)20-14-6-4-3-5-12(14)15(17)18-19/h3-9,19H,2H2,1H3,(H2,17,18). The van der Waals surface area contributed by atoms with Crippen molar-refractivity contribution in [1.29, 1.82) is 0 Å². The molecule has 0 spiro atoms. The van der Waals surface area contributed by atoms with Gasteiger partial charge in [0.15, 0.2) is 5.84 Å². The van der Waals surface area contributed by atoms with Crippen molar-refractivity contribution in [1.82, 2.24) is 0 Å². The molecule has 4 nitrogen and oxygen atoms in total. The molecule has 0 unspecified atom stereocenters. The molecule has 0 aromatic heterocycles. The predicted octanol–water partition coefficient (Wildman–Crippen LogP) is 3.79. The maximum Gasteiger partial charge on any atom is 0.173 e. The van der Waals surface area contributed by atoms with E-state index in [1.807, 2.05) is 19.1 Å².